The highest BCUT2D eigenvalue weighted by Crippen LogP contribution is 2.46. The number of sulfonamides is 1. The van der Waals surface area contributed by atoms with Gasteiger partial charge in [-0.3, -0.25) is 9.71 Å². The van der Waals surface area contributed by atoms with Crippen LogP contribution in [0.15, 0.2) is 87.4 Å². The topological polar surface area (TPSA) is 106 Å². The fraction of sp³-hybridized carbons (Fsp3) is 0.375. The lowest BCUT2D eigenvalue weighted by molar-refractivity contribution is -0.164. The molecule has 9 heteroatoms. The Kier molecular flexibility index (Phi) is 8.90. The number of esters is 1. The van der Waals surface area contributed by atoms with Crippen LogP contribution >= 0.6 is 11.8 Å². The summed E-state index contributed by atoms with van der Waals surface area (Å²) in [5, 5.41) is 11.2. The van der Waals surface area contributed by atoms with Gasteiger partial charge in [-0.05, 0) is 72.1 Å². The van der Waals surface area contributed by atoms with E-state index in [2.05, 4.69) is 9.71 Å². The number of anilines is 1. The summed E-state index contributed by atoms with van der Waals surface area (Å²) in [6.07, 6.45) is 4.38. The van der Waals surface area contributed by atoms with Crippen LogP contribution in [-0.4, -0.2) is 30.1 Å². The summed E-state index contributed by atoms with van der Waals surface area (Å²) in [7, 11) is -3.85. The number of aliphatic hydroxyl groups is 1. The zero-order valence-electron chi connectivity index (χ0n) is 24.4. The Morgan fingerprint density at radius 3 is 2.41 bits per heavy atom. The predicted molar refractivity (Wildman–Crippen MR) is 163 cm³/mol. The quantitative estimate of drug-likeness (QED) is 0.250. The molecule has 0 saturated carbocycles. The Labute approximate surface area is 247 Å². The number of ether oxygens (including phenoxy) is 1. The Morgan fingerprint density at radius 1 is 1.12 bits per heavy atom. The molecule has 2 N–H and O–H groups in total. The molecule has 1 aromatic heterocycles. The number of carbonyl (C=O) groups is 1. The molecule has 0 fully saturated rings. The first kappa shape index (κ1) is 30.7. The van der Waals surface area contributed by atoms with Gasteiger partial charge in [0.15, 0.2) is 0 Å². The van der Waals surface area contributed by atoms with Crippen molar-refractivity contribution in [1.29, 1.82) is 0 Å². The Hall–Kier alpha value is -3.30. The van der Waals surface area contributed by atoms with Gasteiger partial charge < -0.3 is 9.84 Å². The molecular formula is C32H38N2O5S2. The highest BCUT2D eigenvalue weighted by molar-refractivity contribution is 8.04. The molecule has 0 spiro atoms. The van der Waals surface area contributed by atoms with E-state index in [0.29, 0.717) is 17.7 Å². The lowest BCUT2D eigenvalue weighted by Crippen LogP contribution is -2.44. The summed E-state index contributed by atoms with van der Waals surface area (Å²) in [6, 6.07) is 16.7. The highest BCUT2D eigenvalue weighted by Gasteiger charge is 2.44. The van der Waals surface area contributed by atoms with Gasteiger partial charge in [-0.25, -0.2) is 13.2 Å². The maximum Gasteiger partial charge on any atom is 0.349 e. The molecule has 2 aromatic carbocycles. The third kappa shape index (κ3) is 6.96. The standard InChI is InChI=1S/C32H38N2O5S2/c1-21(2)32(15-14-23-11-8-7-9-12-23)19-27(35)29(30(36)39-32)40-28-17-22(3)26(18-25(28)31(4,5)6)34-41(37,38)24-13-10-16-33-20-24/h7-13,16-18,20-21,34-35H,14-15,19H2,1-6H3. The molecule has 2 heterocycles. The molecule has 0 aliphatic carbocycles. The molecule has 41 heavy (non-hydrogen) atoms. The number of cyclic esters (lactones) is 1. The van der Waals surface area contributed by atoms with Crippen molar-refractivity contribution >= 4 is 33.4 Å². The van der Waals surface area contributed by atoms with Crippen LogP contribution in [0.3, 0.4) is 0 Å². The number of aliphatic hydroxyl groups excluding tert-OH is 1. The Morgan fingerprint density at radius 2 is 1.83 bits per heavy atom. The number of thioether (sulfide) groups is 1. The van der Waals surface area contributed by atoms with Crippen LogP contribution in [-0.2, 0) is 31.4 Å². The minimum atomic E-state index is -3.85. The van der Waals surface area contributed by atoms with Gasteiger partial charge in [-0.15, -0.1) is 0 Å². The van der Waals surface area contributed by atoms with E-state index >= 15 is 0 Å². The molecule has 1 aliphatic heterocycles. The second-order valence-corrected chi connectivity index (χ2v) is 14.6. The first-order chi connectivity index (χ1) is 19.2. The number of aromatic nitrogens is 1. The van der Waals surface area contributed by atoms with Crippen molar-refractivity contribution in [3.05, 3.63) is 94.3 Å². The molecule has 7 nitrogen and oxygen atoms in total. The molecule has 0 saturated heterocycles. The number of pyridine rings is 1. The zero-order chi connectivity index (χ0) is 30.0. The fourth-order valence-corrected chi connectivity index (χ4v) is 7.21. The molecule has 1 atom stereocenters. The van der Waals surface area contributed by atoms with Gasteiger partial charge in [0.05, 0.1) is 5.69 Å². The molecular weight excluding hydrogens is 556 g/mol. The molecule has 1 unspecified atom stereocenters. The summed E-state index contributed by atoms with van der Waals surface area (Å²) in [5.74, 6) is -0.519. The van der Waals surface area contributed by atoms with Gasteiger partial charge in [0.25, 0.3) is 10.0 Å². The van der Waals surface area contributed by atoms with Crippen LogP contribution < -0.4 is 4.72 Å². The van der Waals surface area contributed by atoms with Crippen LogP contribution in [0.25, 0.3) is 0 Å². The summed E-state index contributed by atoms with van der Waals surface area (Å²) in [5.41, 5.74) is 1.89. The maximum absolute atomic E-state index is 13.4. The third-order valence-corrected chi connectivity index (χ3v) is 9.99. The van der Waals surface area contributed by atoms with Crippen LogP contribution in [0.2, 0.25) is 0 Å². The summed E-state index contributed by atoms with van der Waals surface area (Å²) >= 11 is 1.17. The predicted octanol–water partition coefficient (Wildman–Crippen LogP) is 7.32. The lowest BCUT2D eigenvalue weighted by Gasteiger charge is -2.40. The van der Waals surface area contributed by atoms with E-state index in [1.54, 1.807) is 19.1 Å². The van der Waals surface area contributed by atoms with Gasteiger partial charge in [-0.2, -0.15) is 0 Å². The van der Waals surface area contributed by atoms with E-state index in [1.165, 1.54) is 30.2 Å². The third-order valence-electron chi connectivity index (χ3n) is 7.48. The van der Waals surface area contributed by atoms with Gasteiger partial charge in [0.1, 0.15) is 21.2 Å². The number of benzene rings is 2. The number of carbonyl (C=O) groups excluding carboxylic acids is 1. The number of rotatable bonds is 9. The van der Waals surface area contributed by atoms with Crippen molar-refractivity contribution < 1.29 is 23.1 Å². The molecule has 1 aliphatic rings. The smallest absolute Gasteiger partial charge is 0.349 e. The van der Waals surface area contributed by atoms with E-state index in [0.717, 1.165) is 22.4 Å². The number of nitrogens with zero attached hydrogens (tertiary/aromatic N) is 1. The average Bonchev–Trinajstić information content (AvgIpc) is 2.91. The zero-order valence-corrected chi connectivity index (χ0v) is 26.0. The van der Waals surface area contributed by atoms with E-state index in [1.807, 2.05) is 71.0 Å². The normalized spacial score (nSPS) is 18.0. The maximum atomic E-state index is 13.4. The van der Waals surface area contributed by atoms with Crippen molar-refractivity contribution in [3.63, 3.8) is 0 Å². The number of aryl methyl sites for hydroxylation is 2. The SMILES string of the molecule is Cc1cc(SC2=C(O)CC(CCc3ccccc3)(C(C)C)OC2=O)c(C(C)(C)C)cc1NS(=O)(=O)c1cccnc1. The summed E-state index contributed by atoms with van der Waals surface area (Å²) in [6.45, 7) is 11.9. The van der Waals surface area contributed by atoms with Crippen molar-refractivity contribution in [3.8, 4) is 0 Å². The first-order valence-electron chi connectivity index (χ1n) is 13.7. The molecule has 0 bridgehead atoms. The largest absolute Gasteiger partial charge is 0.511 e. The van der Waals surface area contributed by atoms with Crippen molar-refractivity contribution in [2.75, 3.05) is 4.72 Å². The van der Waals surface area contributed by atoms with Crippen molar-refractivity contribution in [2.24, 2.45) is 5.92 Å². The minimum Gasteiger partial charge on any atom is -0.511 e. The molecule has 0 amide bonds. The summed E-state index contributed by atoms with van der Waals surface area (Å²) < 4.78 is 34.8. The monoisotopic (exact) mass is 594 g/mol. The first-order valence-corrected chi connectivity index (χ1v) is 16.0. The minimum absolute atomic E-state index is 0.00312. The molecule has 4 rings (SSSR count). The van der Waals surface area contributed by atoms with Crippen LogP contribution in [0.4, 0.5) is 5.69 Å². The fourth-order valence-electron chi connectivity index (χ4n) is 4.88. The second-order valence-electron chi connectivity index (χ2n) is 11.9. The van der Waals surface area contributed by atoms with E-state index in [-0.39, 0.29) is 27.9 Å². The van der Waals surface area contributed by atoms with Crippen molar-refractivity contribution in [2.45, 2.75) is 81.6 Å². The lowest BCUT2D eigenvalue weighted by atomic mass is 9.80. The van der Waals surface area contributed by atoms with Gasteiger partial charge >= 0.3 is 5.97 Å². The van der Waals surface area contributed by atoms with Crippen LogP contribution in [0.5, 0.6) is 0 Å². The van der Waals surface area contributed by atoms with Crippen molar-refractivity contribution in [1.82, 2.24) is 4.98 Å². The Balaban J connectivity index is 1.65. The molecule has 0 radical (unpaired) electrons. The van der Waals surface area contributed by atoms with E-state index < -0.39 is 27.0 Å². The average molecular weight is 595 g/mol. The Bertz CT molecular complexity index is 1550. The second kappa shape index (κ2) is 11.9. The van der Waals surface area contributed by atoms with Gasteiger partial charge in [-0.1, -0.05) is 76.7 Å². The molecule has 3 aromatic rings. The highest BCUT2D eigenvalue weighted by atomic mass is 32.2. The molecule has 218 valence electrons. The number of hydrogen-bond acceptors (Lipinski definition) is 7. The summed E-state index contributed by atoms with van der Waals surface area (Å²) in [4.78, 5) is 18.3. The van der Waals surface area contributed by atoms with Gasteiger partial charge in [0.2, 0.25) is 0 Å². The van der Waals surface area contributed by atoms with Crippen LogP contribution in [0.1, 0.15) is 64.2 Å². The van der Waals surface area contributed by atoms with E-state index in [4.69, 9.17) is 4.74 Å². The number of nitrogens with one attached hydrogen (secondary N) is 1. The number of hydrogen-bond donors (Lipinski definition) is 2. The van der Waals surface area contributed by atoms with E-state index in [9.17, 15) is 18.3 Å². The van der Waals surface area contributed by atoms with Gasteiger partial charge in [0, 0.05) is 23.7 Å². The van der Waals surface area contributed by atoms with Crippen LogP contribution in [0, 0.1) is 12.8 Å².